The van der Waals surface area contributed by atoms with Crippen LogP contribution < -0.4 is 0 Å². The zero-order chi connectivity index (χ0) is 16.4. The second kappa shape index (κ2) is 6.50. The van der Waals surface area contributed by atoms with Gasteiger partial charge in [0.2, 0.25) is 0 Å². The number of hydrogen-bond donors (Lipinski definition) is 1. The molecule has 1 saturated heterocycles. The van der Waals surface area contributed by atoms with Crippen LogP contribution >= 0.6 is 0 Å². The minimum atomic E-state index is -0.827. The van der Waals surface area contributed by atoms with Gasteiger partial charge < -0.3 is 10.0 Å². The Morgan fingerprint density at radius 2 is 2.05 bits per heavy atom. The number of nitrogens with zero attached hydrogens (tertiary/aromatic N) is 3. The number of amides is 1. The lowest BCUT2D eigenvalue weighted by molar-refractivity contribution is -0.142. The molecule has 1 amide bonds. The third-order valence-electron chi connectivity index (χ3n) is 4.90. The van der Waals surface area contributed by atoms with Crippen LogP contribution in [0.1, 0.15) is 62.1 Å². The van der Waals surface area contributed by atoms with Crippen molar-refractivity contribution in [1.82, 2.24) is 14.7 Å². The molecule has 0 bridgehead atoms. The molecule has 122 valence electrons. The second-order valence-corrected chi connectivity index (χ2v) is 6.03. The maximum absolute atomic E-state index is 12.7. The van der Waals surface area contributed by atoms with Crippen LogP contribution in [0.5, 0.6) is 0 Å². The van der Waals surface area contributed by atoms with Crippen molar-refractivity contribution in [1.29, 1.82) is 0 Å². The molecule has 1 aromatic rings. The standard InChI is InChI=1S/C16H25N3O3/c1-5-12(6-2)19-11(4)14(9-17-19)15(20)18-8-7-13(10(18)3)16(21)22/h9-10,12-13H,5-8H2,1-4H3,(H,21,22). The first-order valence-electron chi connectivity index (χ1n) is 8.00. The number of aliphatic carboxylic acids is 1. The summed E-state index contributed by atoms with van der Waals surface area (Å²) in [5.74, 6) is -1.41. The number of carboxylic acid groups (broad SMARTS) is 1. The highest BCUT2D eigenvalue weighted by molar-refractivity contribution is 5.96. The molecule has 1 N–H and O–H groups in total. The predicted octanol–water partition coefficient (Wildman–Crippen LogP) is 2.49. The highest BCUT2D eigenvalue weighted by Gasteiger charge is 2.39. The number of carbonyl (C=O) groups is 2. The maximum atomic E-state index is 12.7. The van der Waals surface area contributed by atoms with Crippen LogP contribution in [-0.2, 0) is 4.79 Å². The lowest BCUT2D eigenvalue weighted by Gasteiger charge is -2.23. The smallest absolute Gasteiger partial charge is 0.308 e. The van der Waals surface area contributed by atoms with Gasteiger partial charge in [-0.15, -0.1) is 0 Å². The average Bonchev–Trinajstić information content (AvgIpc) is 3.04. The summed E-state index contributed by atoms with van der Waals surface area (Å²) in [7, 11) is 0. The highest BCUT2D eigenvalue weighted by Crippen LogP contribution is 2.27. The van der Waals surface area contributed by atoms with Crippen LogP contribution in [0.15, 0.2) is 6.20 Å². The average molecular weight is 307 g/mol. The molecule has 2 atom stereocenters. The number of carbonyl (C=O) groups excluding carboxylic acids is 1. The molecular formula is C16H25N3O3. The molecule has 0 aromatic carbocycles. The van der Waals surface area contributed by atoms with Crippen molar-refractivity contribution in [3.05, 3.63) is 17.5 Å². The van der Waals surface area contributed by atoms with E-state index in [1.165, 1.54) is 0 Å². The van der Waals surface area contributed by atoms with E-state index >= 15 is 0 Å². The predicted molar refractivity (Wildman–Crippen MR) is 82.8 cm³/mol. The summed E-state index contributed by atoms with van der Waals surface area (Å²) >= 11 is 0. The number of carboxylic acids is 1. The van der Waals surface area contributed by atoms with Crippen LogP contribution in [-0.4, -0.2) is 44.3 Å². The Morgan fingerprint density at radius 1 is 1.41 bits per heavy atom. The molecule has 0 saturated carbocycles. The molecular weight excluding hydrogens is 282 g/mol. The molecule has 6 heteroatoms. The summed E-state index contributed by atoms with van der Waals surface area (Å²) in [5.41, 5.74) is 1.45. The number of hydrogen-bond acceptors (Lipinski definition) is 3. The Labute approximate surface area is 131 Å². The Kier molecular flexibility index (Phi) is 4.88. The van der Waals surface area contributed by atoms with Crippen LogP contribution in [0.3, 0.4) is 0 Å². The summed E-state index contributed by atoms with van der Waals surface area (Å²) < 4.78 is 1.92. The molecule has 2 unspecified atom stereocenters. The maximum Gasteiger partial charge on any atom is 0.308 e. The first-order chi connectivity index (χ1) is 10.4. The van der Waals surface area contributed by atoms with Gasteiger partial charge in [0.25, 0.3) is 5.91 Å². The molecule has 0 aliphatic carbocycles. The lowest BCUT2D eigenvalue weighted by Crippen LogP contribution is -2.37. The molecule has 22 heavy (non-hydrogen) atoms. The minimum absolute atomic E-state index is 0.106. The van der Waals surface area contributed by atoms with E-state index in [0.29, 0.717) is 24.6 Å². The molecule has 2 rings (SSSR count). The Morgan fingerprint density at radius 3 is 2.55 bits per heavy atom. The van der Waals surface area contributed by atoms with Crippen molar-refractivity contribution < 1.29 is 14.7 Å². The summed E-state index contributed by atoms with van der Waals surface area (Å²) in [6.45, 7) is 8.43. The van der Waals surface area contributed by atoms with E-state index < -0.39 is 11.9 Å². The van der Waals surface area contributed by atoms with Gasteiger partial charge in [0.15, 0.2) is 0 Å². The molecule has 6 nitrogen and oxygen atoms in total. The minimum Gasteiger partial charge on any atom is -0.481 e. The van der Waals surface area contributed by atoms with Crippen molar-refractivity contribution in [2.75, 3.05) is 6.54 Å². The lowest BCUT2D eigenvalue weighted by atomic mass is 10.0. The zero-order valence-electron chi connectivity index (χ0n) is 13.7. The summed E-state index contributed by atoms with van der Waals surface area (Å²) in [4.78, 5) is 25.6. The van der Waals surface area contributed by atoms with Crippen molar-refractivity contribution in [2.24, 2.45) is 5.92 Å². The Hall–Kier alpha value is -1.85. The van der Waals surface area contributed by atoms with Gasteiger partial charge in [-0.1, -0.05) is 13.8 Å². The molecule has 0 spiro atoms. The van der Waals surface area contributed by atoms with Gasteiger partial charge >= 0.3 is 5.97 Å². The molecule has 1 aliphatic heterocycles. The first-order valence-corrected chi connectivity index (χ1v) is 8.00. The highest BCUT2D eigenvalue weighted by atomic mass is 16.4. The second-order valence-electron chi connectivity index (χ2n) is 6.03. The number of rotatable bonds is 5. The van der Waals surface area contributed by atoms with Gasteiger partial charge in [0.1, 0.15) is 0 Å². The zero-order valence-corrected chi connectivity index (χ0v) is 13.7. The van der Waals surface area contributed by atoms with Crippen LogP contribution in [0.2, 0.25) is 0 Å². The quantitative estimate of drug-likeness (QED) is 0.907. The van der Waals surface area contributed by atoms with E-state index in [-0.39, 0.29) is 11.9 Å². The van der Waals surface area contributed by atoms with Gasteiger partial charge in [-0.3, -0.25) is 14.3 Å². The molecule has 0 radical (unpaired) electrons. The summed E-state index contributed by atoms with van der Waals surface area (Å²) in [5, 5.41) is 13.6. The monoisotopic (exact) mass is 307 g/mol. The van der Waals surface area contributed by atoms with E-state index in [0.717, 1.165) is 18.5 Å². The Bertz CT molecular complexity index is 563. The fraction of sp³-hybridized carbons (Fsp3) is 0.688. The third kappa shape index (κ3) is 2.74. The van der Waals surface area contributed by atoms with E-state index in [4.69, 9.17) is 0 Å². The van der Waals surface area contributed by atoms with Gasteiger partial charge in [0, 0.05) is 18.3 Å². The van der Waals surface area contributed by atoms with Crippen LogP contribution in [0.25, 0.3) is 0 Å². The van der Waals surface area contributed by atoms with Gasteiger partial charge in [-0.2, -0.15) is 5.10 Å². The fourth-order valence-electron chi connectivity index (χ4n) is 3.35. The van der Waals surface area contributed by atoms with Crippen LogP contribution in [0.4, 0.5) is 0 Å². The summed E-state index contributed by atoms with van der Waals surface area (Å²) in [6, 6.07) is 0.0187. The SMILES string of the molecule is CCC(CC)n1ncc(C(=O)N2CCC(C(=O)O)C2C)c1C. The van der Waals surface area contributed by atoms with Crippen LogP contribution in [0, 0.1) is 12.8 Å². The number of likely N-dealkylation sites (tertiary alicyclic amines) is 1. The molecule has 1 aromatic heterocycles. The van der Waals surface area contributed by atoms with E-state index in [1.807, 2.05) is 18.5 Å². The van der Waals surface area contributed by atoms with E-state index in [2.05, 4.69) is 18.9 Å². The molecule has 1 fully saturated rings. The van der Waals surface area contributed by atoms with Crippen molar-refractivity contribution in [3.63, 3.8) is 0 Å². The first kappa shape index (κ1) is 16.5. The van der Waals surface area contributed by atoms with E-state index in [9.17, 15) is 14.7 Å². The van der Waals surface area contributed by atoms with Crippen molar-refractivity contribution in [2.45, 2.75) is 59.0 Å². The van der Waals surface area contributed by atoms with Crippen molar-refractivity contribution >= 4 is 11.9 Å². The Balaban J connectivity index is 2.23. The molecule has 1 aliphatic rings. The van der Waals surface area contributed by atoms with Gasteiger partial charge in [0.05, 0.1) is 23.7 Å². The topological polar surface area (TPSA) is 75.4 Å². The van der Waals surface area contributed by atoms with Gasteiger partial charge in [-0.05, 0) is 33.1 Å². The van der Waals surface area contributed by atoms with Crippen molar-refractivity contribution in [3.8, 4) is 0 Å². The normalized spacial score (nSPS) is 21.6. The third-order valence-corrected chi connectivity index (χ3v) is 4.90. The number of aromatic nitrogens is 2. The fourth-order valence-corrected chi connectivity index (χ4v) is 3.35. The largest absolute Gasteiger partial charge is 0.481 e. The molecule has 2 heterocycles. The van der Waals surface area contributed by atoms with Gasteiger partial charge in [-0.25, -0.2) is 0 Å². The summed E-state index contributed by atoms with van der Waals surface area (Å²) in [6.07, 6.45) is 4.07. The van der Waals surface area contributed by atoms with E-state index in [1.54, 1.807) is 11.1 Å².